The van der Waals surface area contributed by atoms with E-state index >= 15 is 0 Å². The summed E-state index contributed by atoms with van der Waals surface area (Å²) in [4.78, 5) is 15.0. The van der Waals surface area contributed by atoms with Crippen LogP contribution in [0.25, 0.3) is 0 Å². The van der Waals surface area contributed by atoms with Crippen LogP contribution < -0.4 is 9.47 Å². The average molecular weight is 327 g/mol. The Hall–Kier alpha value is -2.50. The molecule has 4 rings (SSSR count). The minimum atomic E-state index is -0.586. The molecule has 2 aliphatic heterocycles. The third kappa shape index (κ3) is 2.72. The molecule has 0 N–H and O–H groups in total. The second kappa shape index (κ2) is 6.19. The number of carbonyl (C=O) groups is 1. The van der Waals surface area contributed by atoms with E-state index in [9.17, 15) is 4.79 Å². The summed E-state index contributed by atoms with van der Waals surface area (Å²) in [6.07, 6.45) is 6.35. The SMILES string of the molecule is Cn1cc(C2CCCCN2C(=O)C2COc3ccccc3O2)cn1. The molecule has 1 amide bonds. The zero-order valence-electron chi connectivity index (χ0n) is 13.7. The Labute approximate surface area is 141 Å². The highest BCUT2D eigenvalue weighted by molar-refractivity contribution is 5.82. The van der Waals surface area contributed by atoms with Gasteiger partial charge in [0.2, 0.25) is 6.10 Å². The molecule has 0 saturated carbocycles. The van der Waals surface area contributed by atoms with Crippen molar-refractivity contribution in [2.75, 3.05) is 13.2 Å². The fourth-order valence-corrected chi connectivity index (χ4v) is 3.48. The number of carbonyl (C=O) groups excluding carboxylic acids is 1. The van der Waals surface area contributed by atoms with Gasteiger partial charge in [-0.1, -0.05) is 12.1 Å². The van der Waals surface area contributed by atoms with Gasteiger partial charge in [0.05, 0.1) is 12.2 Å². The van der Waals surface area contributed by atoms with E-state index in [-0.39, 0.29) is 18.6 Å². The summed E-state index contributed by atoms with van der Waals surface area (Å²) >= 11 is 0. The highest BCUT2D eigenvalue weighted by atomic mass is 16.6. The van der Waals surface area contributed by atoms with Gasteiger partial charge in [0.25, 0.3) is 5.91 Å². The van der Waals surface area contributed by atoms with Crippen LogP contribution in [-0.2, 0) is 11.8 Å². The molecule has 2 aliphatic rings. The first-order valence-electron chi connectivity index (χ1n) is 8.40. The van der Waals surface area contributed by atoms with Crippen LogP contribution in [0.4, 0.5) is 0 Å². The summed E-state index contributed by atoms with van der Waals surface area (Å²) in [5.74, 6) is 1.33. The van der Waals surface area contributed by atoms with Crippen LogP contribution >= 0.6 is 0 Å². The number of piperidine rings is 1. The number of nitrogens with zero attached hydrogens (tertiary/aromatic N) is 3. The molecule has 1 aromatic heterocycles. The highest BCUT2D eigenvalue weighted by Crippen LogP contribution is 2.34. The monoisotopic (exact) mass is 327 g/mol. The first kappa shape index (κ1) is 15.1. The van der Waals surface area contributed by atoms with Gasteiger partial charge in [0.1, 0.15) is 6.61 Å². The number of benzene rings is 1. The lowest BCUT2D eigenvalue weighted by molar-refractivity contribution is -0.145. The van der Waals surface area contributed by atoms with Gasteiger partial charge < -0.3 is 14.4 Å². The van der Waals surface area contributed by atoms with Gasteiger partial charge >= 0.3 is 0 Å². The van der Waals surface area contributed by atoms with E-state index in [4.69, 9.17) is 9.47 Å². The number of hydrogen-bond acceptors (Lipinski definition) is 4. The van der Waals surface area contributed by atoms with E-state index in [2.05, 4.69) is 5.10 Å². The van der Waals surface area contributed by atoms with E-state index in [0.717, 1.165) is 31.4 Å². The molecule has 2 unspecified atom stereocenters. The van der Waals surface area contributed by atoms with Crippen molar-refractivity contribution in [2.45, 2.75) is 31.4 Å². The van der Waals surface area contributed by atoms with Gasteiger partial charge in [-0.15, -0.1) is 0 Å². The topological polar surface area (TPSA) is 56.6 Å². The van der Waals surface area contributed by atoms with Crippen molar-refractivity contribution in [1.29, 1.82) is 0 Å². The fraction of sp³-hybridized carbons (Fsp3) is 0.444. The fourth-order valence-electron chi connectivity index (χ4n) is 3.48. The Morgan fingerprint density at radius 2 is 2.08 bits per heavy atom. The number of likely N-dealkylation sites (tertiary alicyclic amines) is 1. The van der Waals surface area contributed by atoms with Crippen molar-refractivity contribution in [3.63, 3.8) is 0 Å². The lowest BCUT2D eigenvalue weighted by Gasteiger charge is -2.38. The van der Waals surface area contributed by atoms with Gasteiger partial charge in [0, 0.05) is 25.4 Å². The number of fused-ring (bicyclic) bond motifs is 1. The molecule has 3 heterocycles. The minimum Gasteiger partial charge on any atom is -0.485 e. The number of ether oxygens (including phenoxy) is 2. The molecule has 1 aromatic carbocycles. The molecule has 0 aliphatic carbocycles. The number of aryl methyl sites for hydroxylation is 1. The van der Waals surface area contributed by atoms with E-state index in [1.807, 2.05) is 48.6 Å². The Kier molecular flexibility index (Phi) is 3.88. The summed E-state index contributed by atoms with van der Waals surface area (Å²) in [7, 11) is 1.90. The van der Waals surface area contributed by atoms with Crippen LogP contribution in [0.3, 0.4) is 0 Å². The van der Waals surface area contributed by atoms with Gasteiger partial charge in [-0.25, -0.2) is 0 Å². The van der Waals surface area contributed by atoms with Crippen LogP contribution in [0, 0.1) is 0 Å². The van der Waals surface area contributed by atoms with Gasteiger partial charge in [-0.05, 0) is 31.4 Å². The second-order valence-corrected chi connectivity index (χ2v) is 6.35. The normalized spacial score (nSPS) is 23.1. The number of aromatic nitrogens is 2. The average Bonchev–Trinajstić information content (AvgIpc) is 3.07. The first-order valence-corrected chi connectivity index (χ1v) is 8.40. The second-order valence-electron chi connectivity index (χ2n) is 6.35. The van der Waals surface area contributed by atoms with Crippen molar-refractivity contribution >= 4 is 5.91 Å². The third-order valence-corrected chi connectivity index (χ3v) is 4.68. The highest BCUT2D eigenvalue weighted by Gasteiger charge is 2.36. The minimum absolute atomic E-state index is 0.00180. The van der Waals surface area contributed by atoms with Crippen molar-refractivity contribution in [2.24, 2.45) is 7.05 Å². The van der Waals surface area contributed by atoms with Crippen LogP contribution in [0.15, 0.2) is 36.7 Å². The maximum Gasteiger partial charge on any atom is 0.267 e. The van der Waals surface area contributed by atoms with Crippen molar-refractivity contribution in [1.82, 2.24) is 14.7 Å². The predicted molar refractivity (Wildman–Crippen MR) is 87.9 cm³/mol. The number of rotatable bonds is 2. The molecule has 2 aromatic rings. The quantitative estimate of drug-likeness (QED) is 0.849. The van der Waals surface area contributed by atoms with E-state index in [1.165, 1.54) is 0 Å². The van der Waals surface area contributed by atoms with Gasteiger partial charge in [0.15, 0.2) is 11.5 Å². The lowest BCUT2D eigenvalue weighted by Crippen LogP contribution is -2.49. The first-order chi connectivity index (χ1) is 11.7. The molecule has 126 valence electrons. The van der Waals surface area contributed by atoms with Crippen LogP contribution in [0.2, 0.25) is 0 Å². The summed E-state index contributed by atoms with van der Waals surface area (Å²) < 4.78 is 13.4. The molecule has 6 heteroatoms. The van der Waals surface area contributed by atoms with Crippen LogP contribution in [0.1, 0.15) is 30.9 Å². The lowest BCUT2D eigenvalue weighted by atomic mass is 9.97. The summed E-state index contributed by atoms with van der Waals surface area (Å²) in [6.45, 7) is 1.01. The molecule has 0 bridgehead atoms. The molecule has 0 radical (unpaired) electrons. The van der Waals surface area contributed by atoms with Gasteiger partial charge in [-0.2, -0.15) is 5.10 Å². The van der Waals surface area contributed by atoms with Crippen molar-refractivity contribution in [3.05, 3.63) is 42.2 Å². The number of para-hydroxylation sites is 2. The standard InChI is InChI=1S/C18H21N3O3/c1-20-11-13(10-19-20)14-6-4-5-9-21(14)18(22)17-12-23-15-7-2-3-8-16(15)24-17/h2-3,7-8,10-11,14,17H,4-6,9,12H2,1H3. The zero-order valence-corrected chi connectivity index (χ0v) is 13.7. The Balaban J connectivity index is 1.54. The maximum absolute atomic E-state index is 13.0. The summed E-state index contributed by atoms with van der Waals surface area (Å²) in [6, 6.07) is 7.54. The molecular weight excluding hydrogens is 306 g/mol. The molecule has 6 nitrogen and oxygen atoms in total. The van der Waals surface area contributed by atoms with E-state index in [1.54, 1.807) is 4.68 Å². The molecule has 1 saturated heterocycles. The van der Waals surface area contributed by atoms with Crippen LogP contribution in [-0.4, -0.2) is 39.8 Å². The number of amides is 1. The van der Waals surface area contributed by atoms with E-state index in [0.29, 0.717) is 11.5 Å². The molecule has 2 atom stereocenters. The van der Waals surface area contributed by atoms with Crippen LogP contribution in [0.5, 0.6) is 11.5 Å². The molecule has 1 fully saturated rings. The number of hydrogen-bond donors (Lipinski definition) is 0. The molecule has 24 heavy (non-hydrogen) atoms. The molecule has 0 spiro atoms. The summed E-state index contributed by atoms with van der Waals surface area (Å²) in [5.41, 5.74) is 1.09. The Bertz CT molecular complexity index is 743. The van der Waals surface area contributed by atoms with Crippen molar-refractivity contribution in [3.8, 4) is 11.5 Å². The van der Waals surface area contributed by atoms with Gasteiger partial charge in [-0.3, -0.25) is 9.48 Å². The van der Waals surface area contributed by atoms with E-state index < -0.39 is 6.10 Å². The smallest absolute Gasteiger partial charge is 0.267 e. The largest absolute Gasteiger partial charge is 0.485 e. The Morgan fingerprint density at radius 1 is 1.25 bits per heavy atom. The Morgan fingerprint density at radius 3 is 2.88 bits per heavy atom. The molecular formula is C18H21N3O3. The maximum atomic E-state index is 13.0. The summed E-state index contributed by atoms with van der Waals surface area (Å²) in [5, 5.41) is 4.25. The zero-order chi connectivity index (χ0) is 16.5. The van der Waals surface area contributed by atoms with Crippen molar-refractivity contribution < 1.29 is 14.3 Å². The predicted octanol–water partition coefficient (Wildman–Crippen LogP) is 2.31. The third-order valence-electron chi connectivity index (χ3n) is 4.68.